The molecule has 22 heavy (non-hydrogen) atoms. The number of hydrogen-bond donors (Lipinski definition) is 0. The van der Waals surface area contributed by atoms with E-state index in [2.05, 4.69) is 65.2 Å². The van der Waals surface area contributed by atoms with Gasteiger partial charge in [0.1, 0.15) is 0 Å². The van der Waals surface area contributed by atoms with Crippen molar-refractivity contribution < 1.29 is 0 Å². The SMILES string of the molecule is CCC[CH2][Sn]([CH2]CCC)([CH2]CCC)/[C](C)=C/C=C/[Si](C)(C)C. The summed E-state index contributed by atoms with van der Waals surface area (Å²) in [6.45, 7) is 16.9. The van der Waals surface area contributed by atoms with Gasteiger partial charge in [0.2, 0.25) is 0 Å². The molecule has 0 rings (SSSR count). The molecule has 0 aromatic rings. The second-order valence-electron chi connectivity index (χ2n) is 8.17. The van der Waals surface area contributed by atoms with Gasteiger partial charge < -0.3 is 0 Å². The third kappa shape index (κ3) is 9.59. The maximum absolute atomic E-state index is 2.54. The van der Waals surface area contributed by atoms with Crippen molar-refractivity contribution in [2.75, 3.05) is 0 Å². The fourth-order valence-corrected chi connectivity index (χ4v) is 19.5. The Bertz CT molecular complexity index is 314. The van der Waals surface area contributed by atoms with Gasteiger partial charge in [0.25, 0.3) is 0 Å². The Morgan fingerprint density at radius 3 is 1.55 bits per heavy atom. The first-order valence-corrected chi connectivity index (χ1v) is 20.7. The predicted octanol–water partition coefficient (Wildman–Crippen LogP) is 7.75. The molecule has 0 nitrogen and oxygen atoms in total. The number of unbranched alkanes of at least 4 members (excludes halogenated alkanes) is 3. The molecule has 0 aliphatic rings. The maximum atomic E-state index is 2.54. The van der Waals surface area contributed by atoms with E-state index in [-0.39, 0.29) is 0 Å². The van der Waals surface area contributed by atoms with Gasteiger partial charge in [-0.3, -0.25) is 0 Å². The minimum absolute atomic E-state index is 1.06. The Morgan fingerprint density at radius 1 is 0.818 bits per heavy atom. The van der Waals surface area contributed by atoms with Crippen LogP contribution in [0.2, 0.25) is 33.0 Å². The summed E-state index contributed by atoms with van der Waals surface area (Å²) in [5, 5.41) is 0. The van der Waals surface area contributed by atoms with E-state index < -0.39 is 26.5 Å². The van der Waals surface area contributed by atoms with Crippen LogP contribution in [-0.2, 0) is 0 Å². The van der Waals surface area contributed by atoms with Crippen LogP contribution in [0.3, 0.4) is 0 Å². The molecule has 0 aromatic carbocycles. The van der Waals surface area contributed by atoms with Crippen molar-refractivity contribution in [1.29, 1.82) is 0 Å². The molecule has 0 radical (unpaired) electrons. The van der Waals surface area contributed by atoms with Gasteiger partial charge in [0.15, 0.2) is 0 Å². The zero-order valence-electron chi connectivity index (χ0n) is 16.6. The van der Waals surface area contributed by atoms with Crippen LogP contribution < -0.4 is 0 Å². The standard InChI is InChI=1S/C8H15Si.3C4H9.Sn/c1-5-6-7-8-9(2,3)4;3*1-3-4-2;/h6-8H,1-4H3;3*1,3-4H2,2H3;/b6-5?,8-7+;;;;. The molecular formula is C20H42SiSn. The van der Waals surface area contributed by atoms with Gasteiger partial charge in [-0.15, -0.1) is 0 Å². The molecule has 0 saturated heterocycles. The summed E-state index contributed by atoms with van der Waals surface area (Å²) in [6.07, 6.45) is 13.5. The summed E-state index contributed by atoms with van der Waals surface area (Å²) in [4.78, 5) is 0. The van der Waals surface area contributed by atoms with E-state index in [1.807, 2.05) is 3.59 Å². The predicted molar refractivity (Wildman–Crippen MR) is 111 cm³/mol. The molecule has 2 heteroatoms. The molecule has 0 aliphatic heterocycles. The van der Waals surface area contributed by atoms with E-state index in [1.54, 1.807) is 13.3 Å². The van der Waals surface area contributed by atoms with Crippen LogP contribution in [0.4, 0.5) is 0 Å². The fraction of sp³-hybridized carbons (Fsp3) is 0.800. The van der Waals surface area contributed by atoms with Gasteiger partial charge >= 0.3 is 147 Å². The van der Waals surface area contributed by atoms with Crippen molar-refractivity contribution in [1.82, 2.24) is 0 Å². The van der Waals surface area contributed by atoms with Crippen LogP contribution in [0.15, 0.2) is 21.4 Å². The number of allylic oxidation sites excluding steroid dienone is 3. The van der Waals surface area contributed by atoms with Gasteiger partial charge in [-0.25, -0.2) is 0 Å². The number of rotatable bonds is 12. The van der Waals surface area contributed by atoms with Crippen molar-refractivity contribution in [3.8, 4) is 0 Å². The second kappa shape index (κ2) is 11.9. The topological polar surface area (TPSA) is 0 Å². The van der Waals surface area contributed by atoms with Crippen molar-refractivity contribution in [2.24, 2.45) is 0 Å². The number of hydrogen-bond acceptors (Lipinski definition) is 0. The molecule has 0 bridgehead atoms. The summed E-state index contributed by atoms with van der Waals surface area (Å²) < 4.78 is 6.62. The molecule has 0 fully saturated rings. The van der Waals surface area contributed by atoms with Crippen LogP contribution in [0.25, 0.3) is 0 Å². The normalized spacial score (nSPS) is 14.0. The monoisotopic (exact) mass is 430 g/mol. The van der Waals surface area contributed by atoms with Crippen LogP contribution in [-0.4, -0.2) is 26.5 Å². The quantitative estimate of drug-likeness (QED) is 0.220. The average molecular weight is 429 g/mol. The minimum atomic E-state index is -2.10. The van der Waals surface area contributed by atoms with Crippen LogP contribution in [0, 0.1) is 0 Å². The molecule has 0 amide bonds. The summed E-state index contributed by atoms with van der Waals surface area (Å²) in [7, 11) is -1.06. The van der Waals surface area contributed by atoms with Gasteiger partial charge in [0.05, 0.1) is 0 Å². The Kier molecular flexibility index (Phi) is 12.2. The zero-order chi connectivity index (χ0) is 17.1. The van der Waals surface area contributed by atoms with Gasteiger partial charge in [-0.2, -0.15) is 0 Å². The molecule has 130 valence electrons. The summed E-state index contributed by atoms with van der Waals surface area (Å²) in [5.41, 5.74) is 2.51. The van der Waals surface area contributed by atoms with Crippen LogP contribution in [0.1, 0.15) is 66.2 Å². The van der Waals surface area contributed by atoms with Crippen molar-refractivity contribution in [2.45, 2.75) is 99.2 Å². The van der Waals surface area contributed by atoms with E-state index in [4.69, 9.17) is 0 Å². The molecule has 0 spiro atoms. The van der Waals surface area contributed by atoms with Crippen LogP contribution in [0.5, 0.6) is 0 Å². The second-order valence-corrected chi connectivity index (χ2v) is 27.1. The first-order chi connectivity index (χ1) is 10.3. The first-order valence-electron chi connectivity index (χ1n) is 9.68. The summed E-state index contributed by atoms with van der Waals surface area (Å²) >= 11 is -2.10. The Morgan fingerprint density at radius 2 is 1.23 bits per heavy atom. The van der Waals surface area contributed by atoms with E-state index >= 15 is 0 Å². The fourth-order valence-electron chi connectivity index (χ4n) is 3.17. The molecule has 0 atom stereocenters. The zero-order valence-corrected chi connectivity index (χ0v) is 20.5. The van der Waals surface area contributed by atoms with Crippen LogP contribution >= 0.6 is 0 Å². The van der Waals surface area contributed by atoms with Crippen molar-refractivity contribution in [3.63, 3.8) is 0 Å². The molecule has 0 saturated carbocycles. The molecule has 0 N–H and O–H groups in total. The molecule has 0 aliphatic carbocycles. The van der Waals surface area contributed by atoms with Crippen molar-refractivity contribution >= 4 is 26.5 Å². The third-order valence-corrected chi connectivity index (χ3v) is 22.5. The van der Waals surface area contributed by atoms with Gasteiger partial charge in [-0.1, -0.05) is 0 Å². The summed E-state index contributed by atoms with van der Waals surface area (Å²) in [5.74, 6) is 0. The van der Waals surface area contributed by atoms with Gasteiger partial charge in [-0.05, 0) is 0 Å². The molecular weight excluding hydrogens is 387 g/mol. The third-order valence-electron chi connectivity index (χ3n) is 4.81. The van der Waals surface area contributed by atoms with E-state index in [9.17, 15) is 0 Å². The summed E-state index contributed by atoms with van der Waals surface area (Å²) in [6, 6.07) is 0. The molecule has 0 heterocycles. The van der Waals surface area contributed by atoms with Gasteiger partial charge in [0, 0.05) is 0 Å². The first kappa shape index (κ1) is 22.5. The Labute approximate surface area is 146 Å². The van der Waals surface area contributed by atoms with Crippen molar-refractivity contribution in [3.05, 3.63) is 21.4 Å². The van der Waals surface area contributed by atoms with E-state index in [1.165, 1.54) is 38.5 Å². The molecule has 0 unspecified atom stereocenters. The average Bonchev–Trinajstić information content (AvgIpc) is 2.45. The Balaban J connectivity index is 5.27. The molecule has 0 aromatic heterocycles. The van der Waals surface area contributed by atoms with E-state index in [0.29, 0.717) is 0 Å². The Hall–Kier alpha value is 0.496. The van der Waals surface area contributed by atoms with E-state index in [0.717, 1.165) is 0 Å².